The van der Waals surface area contributed by atoms with E-state index in [9.17, 15) is 19.2 Å². The van der Waals surface area contributed by atoms with Gasteiger partial charge in [0.15, 0.2) is 0 Å². The molecule has 0 unspecified atom stereocenters. The van der Waals surface area contributed by atoms with Gasteiger partial charge in [0.25, 0.3) is 0 Å². The Balaban J connectivity index is 1.15. The first-order valence-electron chi connectivity index (χ1n) is 13.8. The molecule has 0 aromatic heterocycles. The second-order valence-electron chi connectivity index (χ2n) is 10.8. The number of fused-ring (bicyclic) bond motifs is 1. The van der Waals surface area contributed by atoms with E-state index >= 15 is 0 Å². The molecule has 44 heavy (non-hydrogen) atoms. The standard InChI is InChI=1S/C36H26O8/c1-21(19-30-31(35(40)44-34(30)39)22-7-5-4-6-8-22)41-25-13-9-23(10-14-25)36(2,3)24-11-15-26(16-12-24)42-27-17-18-28-29(20-27)33(38)43-32(28)37/h4-20H,1-3H3/b21-19+. The third-order valence-corrected chi connectivity index (χ3v) is 7.57. The molecule has 0 fully saturated rings. The average molecular weight is 587 g/mol. The predicted molar refractivity (Wildman–Crippen MR) is 160 cm³/mol. The summed E-state index contributed by atoms with van der Waals surface area (Å²) in [7, 11) is 0. The van der Waals surface area contributed by atoms with Crippen LogP contribution >= 0.6 is 0 Å². The van der Waals surface area contributed by atoms with E-state index in [0.29, 0.717) is 28.6 Å². The molecule has 0 amide bonds. The first kappa shape index (κ1) is 28.4. The maximum Gasteiger partial charge on any atom is 0.347 e. The summed E-state index contributed by atoms with van der Waals surface area (Å²) in [4.78, 5) is 48.3. The zero-order valence-corrected chi connectivity index (χ0v) is 24.1. The van der Waals surface area contributed by atoms with E-state index in [0.717, 1.165) is 11.1 Å². The van der Waals surface area contributed by atoms with Crippen molar-refractivity contribution in [3.05, 3.63) is 142 Å². The number of allylic oxidation sites excluding steroid dienone is 1. The Morgan fingerprint density at radius 2 is 1.20 bits per heavy atom. The lowest BCUT2D eigenvalue weighted by Gasteiger charge is -2.26. The van der Waals surface area contributed by atoms with E-state index < -0.39 is 23.9 Å². The smallest absolute Gasteiger partial charge is 0.347 e. The summed E-state index contributed by atoms with van der Waals surface area (Å²) in [5.74, 6) is -0.732. The maximum atomic E-state index is 12.4. The van der Waals surface area contributed by atoms with Crippen molar-refractivity contribution in [1.29, 1.82) is 0 Å². The van der Waals surface area contributed by atoms with Gasteiger partial charge < -0.3 is 18.9 Å². The fourth-order valence-electron chi connectivity index (χ4n) is 5.14. The Labute approximate surface area is 253 Å². The van der Waals surface area contributed by atoms with E-state index in [1.54, 1.807) is 37.3 Å². The van der Waals surface area contributed by atoms with E-state index in [4.69, 9.17) is 14.2 Å². The van der Waals surface area contributed by atoms with Crippen LogP contribution in [0.4, 0.5) is 0 Å². The van der Waals surface area contributed by atoms with Crippen LogP contribution in [0.15, 0.2) is 114 Å². The molecule has 2 heterocycles. The van der Waals surface area contributed by atoms with Crippen LogP contribution in [0.3, 0.4) is 0 Å². The van der Waals surface area contributed by atoms with Crippen molar-refractivity contribution in [2.24, 2.45) is 0 Å². The van der Waals surface area contributed by atoms with Crippen LogP contribution in [0, 0.1) is 0 Å². The number of ether oxygens (including phenoxy) is 4. The quantitative estimate of drug-likeness (QED) is 0.124. The first-order chi connectivity index (χ1) is 21.1. The number of carbonyl (C=O) groups excluding carboxylic acids is 4. The van der Waals surface area contributed by atoms with Crippen molar-refractivity contribution in [2.45, 2.75) is 26.2 Å². The summed E-state index contributed by atoms with van der Waals surface area (Å²) < 4.78 is 21.4. The molecule has 0 bridgehead atoms. The third kappa shape index (κ3) is 5.41. The van der Waals surface area contributed by atoms with E-state index in [-0.39, 0.29) is 27.7 Å². The summed E-state index contributed by atoms with van der Waals surface area (Å²) in [5, 5.41) is 0. The van der Waals surface area contributed by atoms with Gasteiger partial charge in [-0.15, -0.1) is 0 Å². The van der Waals surface area contributed by atoms with Gasteiger partial charge in [-0.1, -0.05) is 68.4 Å². The minimum atomic E-state index is -0.709. The highest BCUT2D eigenvalue weighted by molar-refractivity contribution is 6.31. The van der Waals surface area contributed by atoms with Crippen molar-refractivity contribution in [3.8, 4) is 17.2 Å². The van der Waals surface area contributed by atoms with Crippen LogP contribution in [-0.2, 0) is 24.5 Å². The molecule has 8 heteroatoms. The van der Waals surface area contributed by atoms with Crippen molar-refractivity contribution >= 4 is 29.5 Å². The summed E-state index contributed by atoms with van der Waals surface area (Å²) in [6.07, 6.45) is 1.52. The SMILES string of the molecule is C/C(=C\C1=C(c2ccccc2)C(=O)OC1=O)Oc1ccc(C(C)(C)c2ccc(Oc3ccc4c(c3)C(=O)OC4=O)cc2)cc1. The molecule has 4 aromatic rings. The number of esters is 4. The number of benzene rings is 4. The monoisotopic (exact) mass is 586 g/mol. The Bertz CT molecular complexity index is 1880. The van der Waals surface area contributed by atoms with Crippen molar-refractivity contribution in [2.75, 3.05) is 0 Å². The van der Waals surface area contributed by atoms with Crippen molar-refractivity contribution in [1.82, 2.24) is 0 Å². The van der Waals surface area contributed by atoms with Gasteiger partial charge in [-0.25, -0.2) is 19.2 Å². The van der Waals surface area contributed by atoms with E-state index in [1.807, 2.05) is 54.6 Å². The van der Waals surface area contributed by atoms with E-state index in [1.165, 1.54) is 18.2 Å². The zero-order valence-electron chi connectivity index (χ0n) is 24.1. The molecule has 218 valence electrons. The fraction of sp³-hybridized carbons (Fsp3) is 0.111. The summed E-state index contributed by atoms with van der Waals surface area (Å²) >= 11 is 0. The zero-order chi connectivity index (χ0) is 31.0. The molecule has 0 N–H and O–H groups in total. The second-order valence-corrected chi connectivity index (χ2v) is 10.8. The van der Waals surface area contributed by atoms with Gasteiger partial charge >= 0.3 is 23.9 Å². The molecule has 4 aromatic carbocycles. The van der Waals surface area contributed by atoms with Gasteiger partial charge in [0, 0.05) is 5.41 Å². The number of carbonyl (C=O) groups is 4. The van der Waals surface area contributed by atoms with Crippen LogP contribution < -0.4 is 9.47 Å². The van der Waals surface area contributed by atoms with Gasteiger partial charge in [0.2, 0.25) is 0 Å². The molecule has 0 saturated heterocycles. The average Bonchev–Trinajstić information content (AvgIpc) is 3.45. The largest absolute Gasteiger partial charge is 0.462 e. The minimum Gasteiger partial charge on any atom is -0.462 e. The second kappa shape index (κ2) is 11.1. The molecule has 0 aliphatic carbocycles. The maximum absolute atomic E-state index is 12.4. The minimum absolute atomic E-state index is 0.151. The predicted octanol–water partition coefficient (Wildman–Crippen LogP) is 6.94. The molecule has 2 aliphatic heterocycles. The highest BCUT2D eigenvalue weighted by Gasteiger charge is 2.33. The highest BCUT2D eigenvalue weighted by atomic mass is 16.6. The molecular formula is C36H26O8. The lowest BCUT2D eigenvalue weighted by molar-refractivity contribution is -0.150. The van der Waals surface area contributed by atoms with E-state index in [2.05, 4.69) is 18.6 Å². The lowest BCUT2D eigenvalue weighted by atomic mass is 9.78. The van der Waals surface area contributed by atoms with Gasteiger partial charge in [-0.05, 0) is 72.2 Å². The molecule has 8 nitrogen and oxygen atoms in total. The molecule has 6 rings (SSSR count). The summed E-state index contributed by atoms with van der Waals surface area (Å²) in [6.45, 7) is 5.92. The fourth-order valence-corrected chi connectivity index (χ4v) is 5.14. The van der Waals surface area contributed by atoms with Gasteiger partial charge in [-0.2, -0.15) is 0 Å². The molecule has 2 aliphatic rings. The molecule has 0 spiro atoms. The van der Waals surface area contributed by atoms with Crippen LogP contribution in [0.2, 0.25) is 0 Å². The highest BCUT2D eigenvalue weighted by Crippen LogP contribution is 2.35. The molecule has 0 atom stereocenters. The van der Waals surface area contributed by atoms with Gasteiger partial charge in [0.1, 0.15) is 23.0 Å². The van der Waals surface area contributed by atoms with Crippen molar-refractivity contribution in [3.63, 3.8) is 0 Å². The lowest BCUT2D eigenvalue weighted by Crippen LogP contribution is -2.18. The topological polar surface area (TPSA) is 105 Å². The number of rotatable bonds is 8. The molecular weight excluding hydrogens is 560 g/mol. The first-order valence-corrected chi connectivity index (χ1v) is 13.8. The molecule has 0 radical (unpaired) electrons. The summed E-state index contributed by atoms with van der Waals surface area (Å²) in [6, 6.07) is 28.8. The number of hydrogen-bond acceptors (Lipinski definition) is 8. The van der Waals surface area contributed by atoms with Crippen molar-refractivity contribution < 1.29 is 38.1 Å². The van der Waals surface area contributed by atoms with Crippen LogP contribution in [0.25, 0.3) is 5.57 Å². The number of hydrogen-bond donors (Lipinski definition) is 0. The molecule has 0 saturated carbocycles. The summed E-state index contributed by atoms with van der Waals surface area (Å²) in [5.41, 5.74) is 3.10. The Hall–Kier alpha value is -5.76. The third-order valence-electron chi connectivity index (χ3n) is 7.57. The Morgan fingerprint density at radius 1 is 0.636 bits per heavy atom. The normalized spacial score (nSPS) is 14.8. The van der Waals surface area contributed by atoms with Crippen LogP contribution in [-0.4, -0.2) is 23.9 Å². The van der Waals surface area contributed by atoms with Crippen LogP contribution in [0.1, 0.15) is 58.2 Å². The van der Waals surface area contributed by atoms with Crippen LogP contribution in [0.5, 0.6) is 17.2 Å². The Kier molecular flexibility index (Phi) is 7.19. The Morgan fingerprint density at radius 3 is 1.86 bits per heavy atom. The van der Waals surface area contributed by atoms with Gasteiger partial charge in [-0.3, -0.25) is 0 Å². The number of cyclic esters (lactones) is 4. The van der Waals surface area contributed by atoms with Gasteiger partial charge in [0.05, 0.1) is 22.3 Å².